The van der Waals surface area contributed by atoms with E-state index in [1.54, 1.807) is 18.1 Å². The van der Waals surface area contributed by atoms with Crippen molar-refractivity contribution in [3.8, 4) is 0 Å². The highest BCUT2D eigenvalue weighted by Crippen LogP contribution is 2.39. The molecule has 1 saturated heterocycles. The highest BCUT2D eigenvalue weighted by atomic mass is 16.2. The minimum atomic E-state index is -0.761. The summed E-state index contributed by atoms with van der Waals surface area (Å²) in [6.45, 7) is 1.73. The molecule has 0 radical (unpaired) electrons. The second-order valence-electron chi connectivity index (χ2n) is 9.07. The number of likely N-dealkylation sites (N-methyl/N-ethyl adjacent to an activating group) is 1. The van der Waals surface area contributed by atoms with Crippen molar-refractivity contribution in [1.82, 2.24) is 14.4 Å². The van der Waals surface area contributed by atoms with E-state index in [4.69, 9.17) is 4.99 Å². The standard InChI is InChI=1S/C23H32N4O3/c1-17-11-14-26(19(15-17)24-18-9-5-3-6-10-18)20(28)16-27-21(29)23(25(2)22(27)30)12-7-4-8-13-23/h11,14-15,18H,3-10,12-13,16H2,1-2H3. The van der Waals surface area contributed by atoms with E-state index in [1.807, 2.05) is 19.1 Å². The Morgan fingerprint density at radius 2 is 1.77 bits per heavy atom. The quantitative estimate of drug-likeness (QED) is 0.715. The first-order valence-electron chi connectivity index (χ1n) is 11.3. The van der Waals surface area contributed by atoms with Gasteiger partial charge in [-0.1, -0.05) is 38.5 Å². The summed E-state index contributed by atoms with van der Waals surface area (Å²) in [5.74, 6) is -0.519. The van der Waals surface area contributed by atoms with Gasteiger partial charge < -0.3 is 4.90 Å². The van der Waals surface area contributed by atoms with E-state index in [1.165, 1.54) is 23.8 Å². The van der Waals surface area contributed by atoms with Crippen molar-refractivity contribution in [1.29, 1.82) is 0 Å². The normalized spacial score (nSPS) is 22.9. The summed E-state index contributed by atoms with van der Waals surface area (Å²) < 4.78 is 1.51. The summed E-state index contributed by atoms with van der Waals surface area (Å²) in [7, 11) is 1.69. The molecule has 1 aliphatic heterocycles. The Hall–Kier alpha value is -2.44. The van der Waals surface area contributed by atoms with Crippen LogP contribution in [0.1, 0.15) is 74.6 Å². The lowest BCUT2D eigenvalue weighted by atomic mass is 9.81. The molecule has 7 nitrogen and oxygen atoms in total. The average Bonchev–Trinajstić information content (AvgIpc) is 2.91. The summed E-state index contributed by atoms with van der Waals surface area (Å²) in [4.78, 5) is 46.8. The first-order valence-corrected chi connectivity index (χ1v) is 11.3. The van der Waals surface area contributed by atoms with Gasteiger partial charge in [-0.3, -0.25) is 24.0 Å². The predicted octanol–water partition coefficient (Wildman–Crippen LogP) is 3.27. The van der Waals surface area contributed by atoms with Crippen LogP contribution in [-0.2, 0) is 4.79 Å². The van der Waals surface area contributed by atoms with E-state index in [0.29, 0.717) is 18.3 Å². The first kappa shape index (κ1) is 20.8. The highest BCUT2D eigenvalue weighted by molar-refractivity contribution is 6.09. The number of carbonyl (C=O) groups is 3. The van der Waals surface area contributed by atoms with Crippen molar-refractivity contribution in [2.24, 2.45) is 4.99 Å². The van der Waals surface area contributed by atoms with Crippen LogP contribution in [0.2, 0.25) is 0 Å². The van der Waals surface area contributed by atoms with E-state index in [-0.39, 0.29) is 30.4 Å². The third kappa shape index (κ3) is 3.70. The Morgan fingerprint density at radius 3 is 2.47 bits per heavy atom. The van der Waals surface area contributed by atoms with Crippen LogP contribution in [0.15, 0.2) is 23.3 Å². The molecule has 2 saturated carbocycles. The van der Waals surface area contributed by atoms with Gasteiger partial charge in [0, 0.05) is 13.2 Å². The molecule has 3 fully saturated rings. The molecule has 2 heterocycles. The first-order chi connectivity index (χ1) is 14.4. The predicted molar refractivity (Wildman–Crippen MR) is 113 cm³/mol. The molecule has 0 unspecified atom stereocenters. The number of aromatic nitrogens is 1. The van der Waals surface area contributed by atoms with E-state index in [2.05, 4.69) is 0 Å². The zero-order valence-electron chi connectivity index (χ0n) is 18.1. The van der Waals surface area contributed by atoms with Crippen LogP contribution in [0.25, 0.3) is 0 Å². The molecule has 0 bridgehead atoms. The van der Waals surface area contributed by atoms with Crippen molar-refractivity contribution >= 4 is 17.8 Å². The van der Waals surface area contributed by atoms with E-state index in [0.717, 1.165) is 42.6 Å². The third-order valence-electron chi connectivity index (χ3n) is 7.03. The van der Waals surface area contributed by atoms with Gasteiger partial charge in [-0.15, -0.1) is 0 Å². The molecule has 1 aromatic heterocycles. The maximum absolute atomic E-state index is 13.2. The SMILES string of the molecule is Cc1ccn(C(=O)CN2C(=O)N(C)C3(CCCCC3)C2=O)c(=NC2CCCCC2)c1. The van der Waals surface area contributed by atoms with E-state index >= 15 is 0 Å². The van der Waals surface area contributed by atoms with Crippen LogP contribution in [-0.4, -0.2) is 57.4 Å². The maximum atomic E-state index is 13.2. The molecule has 2 aliphatic carbocycles. The zero-order chi connectivity index (χ0) is 21.3. The molecule has 30 heavy (non-hydrogen) atoms. The van der Waals surface area contributed by atoms with Gasteiger partial charge in [-0.25, -0.2) is 4.79 Å². The number of amides is 3. The van der Waals surface area contributed by atoms with Crippen LogP contribution in [0.4, 0.5) is 4.79 Å². The fourth-order valence-electron chi connectivity index (χ4n) is 5.18. The van der Waals surface area contributed by atoms with Crippen LogP contribution in [0.5, 0.6) is 0 Å². The minimum absolute atomic E-state index is 0.221. The van der Waals surface area contributed by atoms with E-state index < -0.39 is 5.54 Å². The summed E-state index contributed by atoms with van der Waals surface area (Å²) in [6.07, 6.45) is 11.7. The second kappa shape index (κ2) is 8.36. The van der Waals surface area contributed by atoms with Gasteiger partial charge in [-0.05, 0) is 50.3 Å². The minimum Gasteiger partial charge on any atom is -0.313 e. The van der Waals surface area contributed by atoms with Gasteiger partial charge in [0.25, 0.3) is 11.8 Å². The molecule has 4 rings (SSSR count). The Balaban J connectivity index is 1.59. The van der Waals surface area contributed by atoms with Crippen LogP contribution in [0, 0.1) is 6.92 Å². The van der Waals surface area contributed by atoms with Crippen molar-refractivity contribution in [3.63, 3.8) is 0 Å². The number of nitrogens with zero attached hydrogens (tertiary/aromatic N) is 4. The van der Waals surface area contributed by atoms with Crippen molar-refractivity contribution in [3.05, 3.63) is 29.4 Å². The molecule has 1 spiro atoms. The van der Waals surface area contributed by atoms with Crippen LogP contribution >= 0.6 is 0 Å². The Bertz CT molecular complexity index is 907. The lowest BCUT2D eigenvalue weighted by Gasteiger charge is -2.35. The number of rotatable bonds is 3. The van der Waals surface area contributed by atoms with E-state index in [9.17, 15) is 14.4 Å². The molecule has 3 aliphatic rings. The maximum Gasteiger partial charge on any atom is 0.327 e. The number of pyridine rings is 1. The smallest absolute Gasteiger partial charge is 0.313 e. The fourth-order valence-corrected chi connectivity index (χ4v) is 5.18. The molecule has 3 amide bonds. The molecular weight excluding hydrogens is 380 g/mol. The molecule has 0 aromatic carbocycles. The molecule has 0 N–H and O–H groups in total. The summed E-state index contributed by atoms with van der Waals surface area (Å²) in [5.41, 5.74) is 0.887. The molecule has 0 atom stereocenters. The third-order valence-corrected chi connectivity index (χ3v) is 7.03. The van der Waals surface area contributed by atoms with Gasteiger partial charge in [0.2, 0.25) is 0 Å². The largest absolute Gasteiger partial charge is 0.327 e. The zero-order valence-corrected chi connectivity index (χ0v) is 18.1. The fraction of sp³-hybridized carbons (Fsp3) is 0.652. The number of hydrogen-bond acceptors (Lipinski definition) is 4. The molecular formula is C23H32N4O3. The lowest BCUT2D eigenvalue weighted by Crippen LogP contribution is -2.49. The topological polar surface area (TPSA) is 75.0 Å². The Labute approximate surface area is 177 Å². The summed E-state index contributed by atoms with van der Waals surface area (Å²) in [5, 5.41) is 0. The number of aryl methyl sites for hydroxylation is 1. The van der Waals surface area contributed by atoms with Gasteiger partial charge in [0.15, 0.2) is 0 Å². The Morgan fingerprint density at radius 1 is 1.10 bits per heavy atom. The lowest BCUT2D eigenvalue weighted by molar-refractivity contribution is -0.134. The van der Waals surface area contributed by atoms with Gasteiger partial charge in [0.05, 0.1) is 6.04 Å². The monoisotopic (exact) mass is 412 g/mol. The second-order valence-corrected chi connectivity index (χ2v) is 9.07. The highest BCUT2D eigenvalue weighted by Gasteiger charge is 2.55. The molecule has 1 aromatic rings. The van der Waals surface area contributed by atoms with Crippen molar-refractivity contribution < 1.29 is 14.4 Å². The number of carbonyl (C=O) groups excluding carboxylic acids is 3. The van der Waals surface area contributed by atoms with Crippen molar-refractivity contribution in [2.75, 3.05) is 13.6 Å². The van der Waals surface area contributed by atoms with Crippen LogP contribution < -0.4 is 5.49 Å². The number of urea groups is 1. The van der Waals surface area contributed by atoms with Gasteiger partial charge in [0.1, 0.15) is 17.6 Å². The Kier molecular flexibility index (Phi) is 5.80. The van der Waals surface area contributed by atoms with Crippen molar-refractivity contribution in [2.45, 2.75) is 82.7 Å². The number of hydrogen-bond donors (Lipinski definition) is 0. The van der Waals surface area contributed by atoms with Crippen LogP contribution in [0.3, 0.4) is 0 Å². The van der Waals surface area contributed by atoms with Gasteiger partial charge >= 0.3 is 6.03 Å². The number of imide groups is 1. The summed E-state index contributed by atoms with van der Waals surface area (Å²) in [6, 6.07) is 3.63. The summed E-state index contributed by atoms with van der Waals surface area (Å²) >= 11 is 0. The molecule has 162 valence electrons. The average molecular weight is 413 g/mol. The van der Waals surface area contributed by atoms with Gasteiger partial charge in [-0.2, -0.15) is 0 Å². The molecule has 7 heteroatoms.